The van der Waals surface area contributed by atoms with Crippen molar-refractivity contribution in [3.63, 3.8) is 0 Å². The summed E-state index contributed by atoms with van der Waals surface area (Å²) in [5.74, 6) is 0. The van der Waals surface area contributed by atoms with Crippen LogP contribution in [0, 0.1) is 0 Å². The quantitative estimate of drug-likeness (QED) is 0.684. The van der Waals surface area contributed by atoms with Gasteiger partial charge >= 0.3 is 0 Å². The first-order valence-corrected chi connectivity index (χ1v) is 7.37. The maximum Gasteiger partial charge on any atom is 0.0900 e. The zero-order valence-electron chi connectivity index (χ0n) is 12.7. The van der Waals surface area contributed by atoms with Crippen LogP contribution in [0.1, 0.15) is 25.8 Å². The predicted octanol–water partition coefficient (Wildman–Crippen LogP) is 1.62. The van der Waals surface area contributed by atoms with Gasteiger partial charge in [0.15, 0.2) is 0 Å². The first kappa shape index (κ1) is 17.1. The summed E-state index contributed by atoms with van der Waals surface area (Å²) in [6, 6.07) is 10.3. The fourth-order valence-electron chi connectivity index (χ4n) is 2.05. The molecule has 0 aromatic heterocycles. The molecule has 0 aliphatic rings. The van der Waals surface area contributed by atoms with Crippen LogP contribution in [0.4, 0.5) is 0 Å². The Hall–Kier alpha value is -0.940. The van der Waals surface area contributed by atoms with Crippen LogP contribution in [-0.2, 0) is 11.3 Å². The van der Waals surface area contributed by atoms with E-state index in [9.17, 15) is 5.11 Å². The van der Waals surface area contributed by atoms with Gasteiger partial charge in [0.2, 0.25) is 0 Å². The Labute approximate surface area is 122 Å². The lowest BCUT2D eigenvalue weighted by Crippen LogP contribution is -2.36. The maximum atomic E-state index is 10.0. The molecule has 1 unspecified atom stereocenters. The highest BCUT2D eigenvalue weighted by molar-refractivity contribution is 5.14. The van der Waals surface area contributed by atoms with Crippen molar-refractivity contribution in [3.05, 3.63) is 35.9 Å². The molecule has 0 saturated carbocycles. The zero-order valence-corrected chi connectivity index (χ0v) is 12.7. The Morgan fingerprint density at radius 1 is 1.25 bits per heavy atom. The smallest absolute Gasteiger partial charge is 0.0900 e. The van der Waals surface area contributed by atoms with Crippen molar-refractivity contribution < 1.29 is 9.84 Å². The molecule has 4 nitrogen and oxygen atoms in total. The number of aliphatic hydroxyl groups excluding tert-OH is 1. The lowest BCUT2D eigenvalue weighted by atomic mass is 10.2. The van der Waals surface area contributed by atoms with Crippen molar-refractivity contribution in [2.24, 2.45) is 5.73 Å². The molecule has 1 atom stereocenters. The normalized spacial score (nSPS) is 13.1. The predicted molar refractivity (Wildman–Crippen MR) is 82.5 cm³/mol. The van der Waals surface area contributed by atoms with Crippen LogP contribution in [0.2, 0.25) is 0 Å². The molecule has 0 spiro atoms. The van der Waals surface area contributed by atoms with Crippen molar-refractivity contribution >= 4 is 0 Å². The number of hydrogen-bond donors (Lipinski definition) is 2. The first-order chi connectivity index (χ1) is 9.61. The average molecular weight is 280 g/mol. The van der Waals surface area contributed by atoms with Gasteiger partial charge in [-0.1, -0.05) is 30.3 Å². The molecule has 0 bridgehead atoms. The summed E-state index contributed by atoms with van der Waals surface area (Å²) in [5, 5.41) is 10.0. The molecule has 3 N–H and O–H groups in total. The van der Waals surface area contributed by atoms with Crippen molar-refractivity contribution in [1.29, 1.82) is 0 Å². The fraction of sp³-hybridized carbons (Fsp3) is 0.625. The molecule has 20 heavy (non-hydrogen) atoms. The largest absolute Gasteiger partial charge is 0.389 e. The Balaban J connectivity index is 2.46. The minimum atomic E-state index is -0.459. The summed E-state index contributed by atoms with van der Waals surface area (Å²) in [5.41, 5.74) is 6.84. The second-order valence-corrected chi connectivity index (χ2v) is 5.40. The summed E-state index contributed by atoms with van der Waals surface area (Å²) in [6.45, 7) is 7.34. The topological polar surface area (TPSA) is 58.7 Å². The lowest BCUT2D eigenvalue weighted by molar-refractivity contribution is -0.00956. The monoisotopic (exact) mass is 280 g/mol. The summed E-state index contributed by atoms with van der Waals surface area (Å²) < 4.78 is 5.46. The van der Waals surface area contributed by atoms with E-state index >= 15 is 0 Å². The number of nitrogens with two attached hydrogens (primary N) is 1. The minimum Gasteiger partial charge on any atom is -0.389 e. The van der Waals surface area contributed by atoms with Gasteiger partial charge in [0.1, 0.15) is 0 Å². The van der Waals surface area contributed by atoms with E-state index < -0.39 is 6.10 Å². The highest BCUT2D eigenvalue weighted by Gasteiger charge is 2.12. The highest BCUT2D eigenvalue weighted by atomic mass is 16.5. The van der Waals surface area contributed by atoms with E-state index in [2.05, 4.69) is 17.0 Å². The molecule has 0 radical (unpaired) electrons. The van der Waals surface area contributed by atoms with Gasteiger partial charge in [-0.25, -0.2) is 0 Å². The van der Waals surface area contributed by atoms with Crippen molar-refractivity contribution in [2.45, 2.75) is 39.0 Å². The van der Waals surface area contributed by atoms with Crippen molar-refractivity contribution in [1.82, 2.24) is 4.90 Å². The molecule has 4 heteroatoms. The molecule has 0 saturated heterocycles. The second kappa shape index (κ2) is 9.88. The Kier molecular flexibility index (Phi) is 8.46. The third kappa shape index (κ3) is 7.60. The molecule has 0 amide bonds. The number of aliphatic hydroxyl groups is 1. The Bertz CT molecular complexity index is 344. The minimum absolute atomic E-state index is 0.149. The molecule has 1 aromatic rings. The average Bonchev–Trinajstić information content (AvgIpc) is 2.43. The van der Waals surface area contributed by atoms with Crippen LogP contribution >= 0.6 is 0 Å². The molecule has 1 aromatic carbocycles. The van der Waals surface area contributed by atoms with Gasteiger partial charge in [-0.05, 0) is 38.9 Å². The summed E-state index contributed by atoms with van der Waals surface area (Å²) >= 11 is 0. The van der Waals surface area contributed by atoms with E-state index in [-0.39, 0.29) is 6.10 Å². The summed E-state index contributed by atoms with van der Waals surface area (Å²) in [6.07, 6.45) is 0.625. The third-order valence-electron chi connectivity index (χ3n) is 3.02. The molecular weight excluding hydrogens is 252 g/mol. The molecule has 0 aliphatic heterocycles. The molecule has 114 valence electrons. The van der Waals surface area contributed by atoms with Crippen molar-refractivity contribution in [3.8, 4) is 0 Å². The maximum absolute atomic E-state index is 10.0. The number of benzene rings is 1. The third-order valence-corrected chi connectivity index (χ3v) is 3.02. The van der Waals surface area contributed by atoms with E-state index in [1.165, 1.54) is 5.56 Å². The van der Waals surface area contributed by atoms with Crippen LogP contribution < -0.4 is 5.73 Å². The SMILES string of the molecule is CC(C)OCC(O)CN(CCCN)Cc1ccccc1. The number of nitrogens with zero attached hydrogens (tertiary/aromatic N) is 1. The van der Waals surface area contributed by atoms with Gasteiger partial charge in [-0.3, -0.25) is 4.90 Å². The van der Waals surface area contributed by atoms with Gasteiger partial charge < -0.3 is 15.6 Å². The second-order valence-electron chi connectivity index (χ2n) is 5.40. The van der Waals surface area contributed by atoms with E-state index in [1.807, 2.05) is 32.0 Å². The van der Waals surface area contributed by atoms with Crippen molar-refractivity contribution in [2.75, 3.05) is 26.2 Å². The van der Waals surface area contributed by atoms with Crippen LogP contribution in [0.15, 0.2) is 30.3 Å². The van der Waals surface area contributed by atoms with Crippen LogP contribution in [0.3, 0.4) is 0 Å². The number of rotatable bonds is 10. The van der Waals surface area contributed by atoms with Crippen LogP contribution in [0.25, 0.3) is 0 Å². The fourth-order valence-corrected chi connectivity index (χ4v) is 2.05. The van der Waals surface area contributed by atoms with E-state index in [0.29, 0.717) is 19.7 Å². The molecule has 1 rings (SSSR count). The van der Waals surface area contributed by atoms with E-state index in [0.717, 1.165) is 19.5 Å². The Morgan fingerprint density at radius 2 is 1.95 bits per heavy atom. The van der Waals surface area contributed by atoms with Gasteiger partial charge in [0.25, 0.3) is 0 Å². The van der Waals surface area contributed by atoms with Gasteiger partial charge in [0.05, 0.1) is 18.8 Å². The number of ether oxygens (including phenoxy) is 1. The molecular formula is C16H28N2O2. The summed E-state index contributed by atoms with van der Waals surface area (Å²) in [4.78, 5) is 2.23. The lowest BCUT2D eigenvalue weighted by Gasteiger charge is -2.25. The van der Waals surface area contributed by atoms with E-state index in [1.54, 1.807) is 0 Å². The van der Waals surface area contributed by atoms with Crippen LogP contribution in [-0.4, -0.2) is 48.5 Å². The molecule has 0 heterocycles. The summed E-state index contributed by atoms with van der Waals surface area (Å²) in [7, 11) is 0. The molecule has 0 fully saturated rings. The zero-order chi connectivity index (χ0) is 14.8. The van der Waals surface area contributed by atoms with Crippen LogP contribution in [0.5, 0.6) is 0 Å². The van der Waals surface area contributed by atoms with E-state index in [4.69, 9.17) is 10.5 Å². The first-order valence-electron chi connectivity index (χ1n) is 7.37. The standard InChI is InChI=1S/C16H28N2O2/c1-14(2)20-13-16(19)12-18(10-6-9-17)11-15-7-4-3-5-8-15/h3-5,7-8,14,16,19H,6,9-13,17H2,1-2H3. The van der Waals surface area contributed by atoms with Gasteiger partial charge in [-0.15, -0.1) is 0 Å². The molecule has 0 aliphatic carbocycles. The van der Waals surface area contributed by atoms with Gasteiger partial charge in [0, 0.05) is 13.1 Å². The highest BCUT2D eigenvalue weighted by Crippen LogP contribution is 2.06. The number of hydrogen-bond acceptors (Lipinski definition) is 4. The Morgan fingerprint density at radius 3 is 2.55 bits per heavy atom. The van der Waals surface area contributed by atoms with Gasteiger partial charge in [-0.2, -0.15) is 0 Å².